The van der Waals surface area contributed by atoms with Gasteiger partial charge < -0.3 is 0 Å². The lowest BCUT2D eigenvalue weighted by molar-refractivity contribution is 1.11. The lowest BCUT2D eigenvalue weighted by Gasteiger charge is -2.01. The number of benzene rings is 1. The molecule has 0 atom stereocenters. The normalized spacial score (nSPS) is 9.75. The molecule has 16 heavy (non-hydrogen) atoms. The molecule has 0 bridgehead atoms. The van der Waals surface area contributed by atoms with E-state index in [9.17, 15) is 0 Å². The Labute approximate surface area is 95.2 Å². The molecule has 0 spiro atoms. The molecule has 0 aliphatic carbocycles. The van der Waals surface area contributed by atoms with Gasteiger partial charge in [0.15, 0.2) is 0 Å². The van der Waals surface area contributed by atoms with Gasteiger partial charge in [-0.1, -0.05) is 25.1 Å². The molecule has 1 aromatic heterocycles. The average Bonchev–Trinajstić information content (AvgIpc) is 2.39. The highest BCUT2D eigenvalue weighted by Gasteiger charge is 1.99. The number of hydrogen-bond donors (Lipinski definition) is 0. The molecule has 1 aromatic carbocycles. The van der Waals surface area contributed by atoms with Crippen molar-refractivity contribution in [2.24, 2.45) is 0 Å². The van der Waals surface area contributed by atoms with Gasteiger partial charge in [-0.25, -0.2) is 0 Å². The van der Waals surface area contributed by atoms with Gasteiger partial charge in [-0.15, -0.1) is 0 Å². The zero-order valence-electron chi connectivity index (χ0n) is 9.14. The second-order valence-corrected chi connectivity index (χ2v) is 3.59. The van der Waals surface area contributed by atoms with E-state index in [4.69, 9.17) is 5.26 Å². The Kier molecular flexibility index (Phi) is 2.98. The van der Waals surface area contributed by atoms with Gasteiger partial charge in [0.2, 0.25) is 0 Å². The monoisotopic (exact) mass is 208 g/mol. The molecule has 0 N–H and O–H groups in total. The fraction of sp³-hybridized carbons (Fsp3) is 0.143. The van der Waals surface area contributed by atoms with Crippen molar-refractivity contribution in [1.29, 1.82) is 5.26 Å². The Morgan fingerprint density at radius 2 is 1.88 bits per heavy atom. The van der Waals surface area contributed by atoms with Gasteiger partial charge in [-0.3, -0.25) is 4.98 Å². The van der Waals surface area contributed by atoms with E-state index in [0.717, 1.165) is 17.7 Å². The van der Waals surface area contributed by atoms with Gasteiger partial charge in [0.05, 0.1) is 17.3 Å². The van der Waals surface area contributed by atoms with Crippen molar-refractivity contribution in [1.82, 2.24) is 4.98 Å². The molecule has 2 heteroatoms. The van der Waals surface area contributed by atoms with E-state index < -0.39 is 0 Å². The molecule has 0 radical (unpaired) electrons. The minimum Gasteiger partial charge on any atom is -0.256 e. The zero-order chi connectivity index (χ0) is 11.4. The summed E-state index contributed by atoms with van der Waals surface area (Å²) < 4.78 is 0. The highest BCUT2D eigenvalue weighted by atomic mass is 14.7. The first kappa shape index (κ1) is 10.4. The van der Waals surface area contributed by atoms with Crippen molar-refractivity contribution in [2.45, 2.75) is 13.3 Å². The summed E-state index contributed by atoms with van der Waals surface area (Å²) in [5, 5.41) is 8.70. The Balaban J connectivity index is 2.32. The molecule has 0 unspecified atom stereocenters. The van der Waals surface area contributed by atoms with Crippen LogP contribution in [0.4, 0.5) is 0 Å². The number of rotatable bonds is 2. The van der Waals surface area contributed by atoms with E-state index in [2.05, 4.69) is 24.0 Å². The topological polar surface area (TPSA) is 36.7 Å². The number of hydrogen-bond acceptors (Lipinski definition) is 2. The maximum absolute atomic E-state index is 8.70. The van der Waals surface area contributed by atoms with Gasteiger partial charge in [0, 0.05) is 11.8 Å². The first-order valence-electron chi connectivity index (χ1n) is 5.29. The first-order chi connectivity index (χ1) is 7.83. The zero-order valence-corrected chi connectivity index (χ0v) is 9.14. The van der Waals surface area contributed by atoms with Gasteiger partial charge in [-0.05, 0) is 30.2 Å². The third-order valence-electron chi connectivity index (χ3n) is 2.54. The number of aromatic nitrogens is 1. The molecular formula is C14H12N2. The second kappa shape index (κ2) is 4.59. The van der Waals surface area contributed by atoms with Gasteiger partial charge >= 0.3 is 0 Å². The van der Waals surface area contributed by atoms with E-state index in [1.54, 1.807) is 0 Å². The third-order valence-corrected chi connectivity index (χ3v) is 2.54. The van der Waals surface area contributed by atoms with Crippen LogP contribution in [-0.4, -0.2) is 4.98 Å². The highest BCUT2D eigenvalue weighted by molar-refractivity contribution is 5.60. The predicted octanol–water partition coefficient (Wildman–Crippen LogP) is 3.18. The Hall–Kier alpha value is -2.14. The van der Waals surface area contributed by atoms with Crippen molar-refractivity contribution < 1.29 is 0 Å². The maximum atomic E-state index is 8.70. The summed E-state index contributed by atoms with van der Waals surface area (Å²) >= 11 is 0. The van der Waals surface area contributed by atoms with Crippen LogP contribution in [0.15, 0.2) is 42.6 Å². The molecule has 0 saturated carbocycles. The van der Waals surface area contributed by atoms with E-state index in [1.165, 1.54) is 5.56 Å². The largest absolute Gasteiger partial charge is 0.256 e. The summed E-state index contributed by atoms with van der Waals surface area (Å²) in [6, 6.07) is 13.7. The van der Waals surface area contributed by atoms with Crippen molar-refractivity contribution in [3.05, 3.63) is 53.7 Å². The van der Waals surface area contributed by atoms with E-state index in [-0.39, 0.29) is 0 Å². The van der Waals surface area contributed by atoms with Crippen molar-refractivity contribution in [3.8, 4) is 17.3 Å². The van der Waals surface area contributed by atoms with E-state index >= 15 is 0 Å². The van der Waals surface area contributed by atoms with Crippen LogP contribution in [0, 0.1) is 11.3 Å². The fourth-order valence-electron chi connectivity index (χ4n) is 1.52. The summed E-state index contributed by atoms with van der Waals surface area (Å²) in [5.74, 6) is 0. The molecule has 2 rings (SSSR count). The highest BCUT2D eigenvalue weighted by Crippen LogP contribution is 2.17. The average molecular weight is 208 g/mol. The molecule has 0 aliphatic rings. The lowest BCUT2D eigenvalue weighted by Crippen LogP contribution is -1.86. The quantitative estimate of drug-likeness (QED) is 0.760. The summed E-state index contributed by atoms with van der Waals surface area (Å²) in [4.78, 5) is 4.39. The van der Waals surface area contributed by atoms with Crippen LogP contribution in [0.25, 0.3) is 11.3 Å². The predicted molar refractivity (Wildman–Crippen MR) is 63.8 cm³/mol. The number of pyridine rings is 1. The summed E-state index contributed by atoms with van der Waals surface area (Å²) in [7, 11) is 0. The Morgan fingerprint density at radius 1 is 1.12 bits per heavy atom. The minimum atomic E-state index is 0.675. The fourth-order valence-corrected chi connectivity index (χ4v) is 1.52. The van der Waals surface area contributed by atoms with Crippen molar-refractivity contribution >= 4 is 0 Å². The van der Waals surface area contributed by atoms with Crippen LogP contribution in [0.2, 0.25) is 0 Å². The molecule has 2 nitrogen and oxygen atoms in total. The Bertz CT molecular complexity index is 504. The van der Waals surface area contributed by atoms with Crippen LogP contribution < -0.4 is 0 Å². The van der Waals surface area contributed by atoms with E-state index in [1.807, 2.05) is 36.5 Å². The molecule has 0 aliphatic heterocycles. The number of nitrogens with zero attached hydrogens (tertiary/aromatic N) is 2. The van der Waals surface area contributed by atoms with Crippen LogP contribution >= 0.6 is 0 Å². The van der Waals surface area contributed by atoms with Crippen molar-refractivity contribution in [2.75, 3.05) is 0 Å². The molecule has 1 heterocycles. The second-order valence-electron chi connectivity index (χ2n) is 3.59. The molecule has 0 amide bonds. The van der Waals surface area contributed by atoms with Crippen LogP contribution in [0.5, 0.6) is 0 Å². The van der Waals surface area contributed by atoms with Crippen molar-refractivity contribution in [3.63, 3.8) is 0 Å². The van der Waals surface area contributed by atoms with Crippen LogP contribution in [-0.2, 0) is 6.42 Å². The molecule has 0 saturated heterocycles. The summed E-state index contributed by atoms with van der Waals surface area (Å²) in [6.07, 6.45) is 2.90. The van der Waals surface area contributed by atoms with Crippen LogP contribution in [0.3, 0.4) is 0 Å². The number of nitriles is 1. The minimum absolute atomic E-state index is 0.675. The van der Waals surface area contributed by atoms with Gasteiger partial charge in [-0.2, -0.15) is 5.26 Å². The number of aryl methyl sites for hydroxylation is 1. The van der Waals surface area contributed by atoms with Gasteiger partial charge in [0.1, 0.15) is 0 Å². The third kappa shape index (κ3) is 2.09. The molecule has 0 fully saturated rings. The summed E-state index contributed by atoms with van der Waals surface area (Å²) in [5.41, 5.74) is 3.90. The first-order valence-corrected chi connectivity index (χ1v) is 5.29. The molecule has 78 valence electrons. The standard InChI is InChI=1S/C14H12N2/c1-2-11-5-8-14(16-10-11)13-6-3-12(9-15)4-7-13/h3-8,10H,2H2,1H3. The van der Waals surface area contributed by atoms with Crippen LogP contribution in [0.1, 0.15) is 18.1 Å². The van der Waals surface area contributed by atoms with Gasteiger partial charge in [0.25, 0.3) is 0 Å². The lowest BCUT2D eigenvalue weighted by atomic mass is 10.1. The molecular weight excluding hydrogens is 196 g/mol. The summed E-state index contributed by atoms with van der Waals surface area (Å²) in [6.45, 7) is 2.11. The smallest absolute Gasteiger partial charge is 0.0991 e. The molecule has 2 aromatic rings. The Morgan fingerprint density at radius 3 is 2.38 bits per heavy atom. The SMILES string of the molecule is CCc1ccc(-c2ccc(C#N)cc2)nc1. The maximum Gasteiger partial charge on any atom is 0.0991 e. The van der Waals surface area contributed by atoms with E-state index in [0.29, 0.717) is 5.56 Å².